The normalized spacial score (nSPS) is 18.5. The number of aliphatic hydroxyl groups excluding tert-OH is 1. The summed E-state index contributed by atoms with van der Waals surface area (Å²) in [5.74, 6) is 0.0439. The van der Waals surface area contributed by atoms with Crippen molar-refractivity contribution in [1.29, 1.82) is 0 Å². The second-order valence-corrected chi connectivity index (χ2v) is 6.85. The van der Waals surface area contributed by atoms with Gasteiger partial charge in [-0.05, 0) is 24.1 Å². The molecule has 0 aliphatic carbocycles. The number of likely N-dealkylation sites (tertiary alicyclic amines) is 1. The van der Waals surface area contributed by atoms with Crippen molar-refractivity contribution >= 4 is 11.6 Å². The lowest BCUT2D eigenvalue weighted by molar-refractivity contribution is -0.130. The van der Waals surface area contributed by atoms with Gasteiger partial charge >= 0.3 is 0 Å². The van der Waals surface area contributed by atoms with Crippen molar-refractivity contribution in [3.8, 4) is 0 Å². The number of nitrogens with zero attached hydrogens (tertiary/aromatic N) is 2. The number of rotatable bonds is 7. The van der Waals surface area contributed by atoms with E-state index in [0.717, 1.165) is 30.8 Å². The lowest BCUT2D eigenvalue weighted by Crippen LogP contribution is -2.41. The second-order valence-electron chi connectivity index (χ2n) is 6.85. The third-order valence-corrected chi connectivity index (χ3v) is 4.94. The van der Waals surface area contributed by atoms with Crippen molar-refractivity contribution in [2.45, 2.75) is 18.6 Å². The molecule has 3 rings (SSSR count). The van der Waals surface area contributed by atoms with E-state index in [0.29, 0.717) is 6.54 Å². The number of likely N-dealkylation sites (N-methyl/N-ethyl adjacent to an activating group) is 1. The number of hydrogen-bond donors (Lipinski definition) is 2. The summed E-state index contributed by atoms with van der Waals surface area (Å²) in [6.07, 6.45) is 0.543. The first kappa shape index (κ1) is 18.4. The van der Waals surface area contributed by atoms with Crippen LogP contribution in [0.2, 0.25) is 0 Å². The summed E-state index contributed by atoms with van der Waals surface area (Å²) in [6, 6.07) is 19.8. The van der Waals surface area contributed by atoms with Crippen LogP contribution < -0.4 is 5.32 Å². The summed E-state index contributed by atoms with van der Waals surface area (Å²) in [5.41, 5.74) is 2.05. The number of carbonyl (C=O) groups excluding carboxylic acids is 1. The molecule has 1 aliphatic rings. The zero-order valence-corrected chi connectivity index (χ0v) is 15.2. The van der Waals surface area contributed by atoms with Crippen molar-refractivity contribution < 1.29 is 9.90 Å². The van der Waals surface area contributed by atoms with Gasteiger partial charge in [0.15, 0.2) is 0 Å². The minimum absolute atomic E-state index is 0.0356. The predicted molar refractivity (Wildman–Crippen MR) is 104 cm³/mol. The molecule has 1 saturated heterocycles. The maximum absolute atomic E-state index is 12.8. The molecule has 1 fully saturated rings. The maximum atomic E-state index is 12.8. The molecule has 1 unspecified atom stereocenters. The Morgan fingerprint density at radius 3 is 2.46 bits per heavy atom. The van der Waals surface area contributed by atoms with Crippen LogP contribution in [0.1, 0.15) is 18.0 Å². The van der Waals surface area contributed by atoms with E-state index in [4.69, 9.17) is 0 Å². The quantitative estimate of drug-likeness (QED) is 0.802. The number of benzene rings is 2. The summed E-state index contributed by atoms with van der Waals surface area (Å²) in [7, 11) is 1.86. The van der Waals surface area contributed by atoms with E-state index in [2.05, 4.69) is 22.3 Å². The Morgan fingerprint density at radius 2 is 1.85 bits per heavy atom. The summed E-state index contributed by atoms with van der Waals surface area (Å²) < 4.78 is 0. The predicted octanol–water partition coefficient (Wildman–Crippen LogP) is 2.36. The lowest BCUT2D eigenvalue weighted by atomic mass is 10.0. The smallest absolute Gasteiger partial charge is 0.242 e. The summed E-state index contributed by atoms with van der Waals surface area (Å²) in [5, 5.41) is 13.0. The van der Waals surface area contributed by atoms with Gasteiger partial charge in [0, 0.05) is 32.4 Å². The van der Waals surface area contributed by atoms with Crippen LogP contribution >= 0.6 is 0 Å². The van der Waals surface area contributed by atoms with E-state index in [1.165, 1.54) is 0 Å². The van der Waals surface area contributed by atoms with E-state index in [-0.39, 0.29) is 24.6 Å². The molecule has 2 aromatic rings. The number of amides is 1. The standard InChI is InChI=1S/C21H27N3O2/c1-23(21(26)14-22-18-10-6-3-7-11-18)20(17-8-4-2-5-9-17)16-24-13-12-19(25)15-24/h2-11,19-20,22,25H,12-16H2,1H3/t19?,20-/m1/s1. The molecule has 0 spiro atoms. The van der Waals surface area contributed by atoms with Crippen LogP contribution in [0.25, 0.3) is 0 Å². The minimum Gasteiger partial charge on any atom is -0.392 e. The van der Waals surface area contributed by atoms with Crippen molar-refractivity contribution in [3.63, 3.8) is 0 Å². The fourth-order valence-corrected chi connectivity index (χ4v) is 3.38. The highest BCUT2D eigenvalue weighted by atomic mass is 16.3. The van der Waals surface area contributed by atoms with Gasteiger partial charge < -0.3 is 15.3 Å². The van der Waals surface area contributed by atoms with Crippen molar-refractivity contribution in [3.05, 3.63) is 66.2 Å². The first-order valence-electron chi connectivity index (χ1n) is 9.13. The van der Waals surface area contributed by atoms with Gasteiger partial charge in [0.2, 0.25) is 5.91 Å². The van der Waals surface area contributed by atoms with Gasteiger partial charge in [-0.15, -0.1) is 0 Å². The number of nitrogens with one attached hydrogen (secondary N) is 1. The molecular weight excluding hydrogens is 326 g/mol. The molecular formula is C21H27N3O2. The first-order valence-corrected chi connectivity index (χ1v) is 9.13. The maximum Gasteiger partial charge on any atom is 0.242 e. The van der Waals surface area contributed by atoms with Crippen LogP contribution in [0, 0.1) is 0 Å². The van der Waals surface area contributed by atoms with Gasteiger partial charge in [-0.25, -0.2) is 0 Å². The topological polar surface area (TPSA) is 55.8 Å². The number of β-amino-alcohol motifs (C(OH)–C–C–N with tert-alkyl or cyclic N) is 1. The molecule has 26 heavy (non-hydrogen) atoms. The van der Waals surface area contributed by atoms with E-state index in [9.17, 15) is 9.90 Å². The highest BCUT2D eigenvalue weighted by Gasteiger charge is 2.27. The van der Waals surface area contributed by atoms with Crippen LogP contribution in [-0.2, 0) is 4.79 Å². The molecule has 2 aromatic carbocycles. The zero-order valence-electron chi connectivity index (χ0n) is 15.2. The molecule has 138 valence electrons. The van der Waals surface area contributed by atoms with Gasteiger partial charge in [-0.3, -0.25) is 9.69 Å². The highest BCUT2D eigenvalue weighted by Crippen LogP contribution is 2.23. The SMILES string of the molecule is CN(C(=O)CNc1ccccc1)[C@H](CN1CCC(O)C1)c1ccccc1. The number of para-hydroxylation sites is 1. The third-order valence-electron chi connectivity index (χ3n) is 4.94. The Bertz CT molecular complexity index is 693. The molecule has 0 radical (unpaired) electrons. The summed E-state index contributed by atoms with van der Waals surface area (Å²) in [6.45, 7) is 2.53. The minimum atomic E-state index is -0.257. The molecule has 1 amide bonds. The Kier molecular flexibility index (Phi) is 6.26. The van der Waals surface area contributed by atoms with Crippen LogP contribution in [0.15, 0.2) is 60.7 Å². The average Bonchev–Trinajstić information content (AvgIpc) is 3.10. The van der Waals surface area contributed by atoms with Crippen molar-refractivity contribution in [1.82, 2.24) is 9.80 Å². The van der Waals surface area contributed by atoms with Gasteiger partial charge in [0.05, 0.1) is 18.7 Å². The number of aliphatic hydroxyl groups is 1. The lowest BCUT2D eigenvalue weighted by Gasteiger charge is -2.32. The largest absolute Gasteiger partial charge is 0.392 e. The monoisotopic (exact) mass is 353 g/mol. The second kappa shape index (κ2) is 8.83. The van der Waals surface area contributed by atoms with Crippen LogP contribution in [0.3, 0.4) is 0 Å². The highest BCUT2D eigenvalue weighted by molar-refractivity contribution is 5.81. The van der Waals surface area contributed by atoms with Crippen molar-refractivity contribution in [2.24, 2.45) is 0 Å². The summed E-state index contributed by atoms with van der Waals surface area (Å²) >= 11 is 0. The summed E-state index contributed by atoms with van der Waals surface area (Å²) in [4.78, 5) is 16.8. The number of carbonyl (C=O) groups is 1. The van der Waals surface area contributed by atoms with Crippen LogP contribution in [0.5, 0.6) is 0 Å². The van der Waals surface area contributed by atoms with E-state index < -0.39 is 0 Å². The van der Waals surface area contributed by atoms with Crippen molar-refractivity contribution in [2.75, 3.05) is 38.5 Å². The Balaban J connectivity index is 1.67. The molecule has 1 aliphatic heterocycles. The van der Waals surface area contributed by atoms with Crippen LogP contribution in [0.4, 0.5) is 5.69 Å². The number of anilines is 1. The fourth-order valence-electron chi connectivity index (χ4n) is 3.38. The van der Waals surface area contributed by atoms with E-state index in [1.807, 2.05) is 60.5 Å². The molecule has 0 aromatic heterocycles. The molecule has 0 bridgehead atoms. The van der Waals surface area contributed by atoms with Gasteiger partial charge in [-0.2, -0.15) is 0 Å². The third kappa shape index (κ3) is 4.84. The number of hydrogen-bond acceptors (Lipinski definition) is 4. The average molecular weight is 353 g/mol. The van der Waals surface area contributed by atoms with E-state index in [1.54, 1.807) is 0 Å². The zero-order chi connectivity index (χ0) is 18.4. The Morgan fingerprint density at radius 1 is 1.19 bits per heavy atom. The fraction of sp³-hybridized carbons (Fsp3) is 0.381. The molecule has 2 atom stereocenters. The first-order chi connectivity index (χ1) is 12.6. The molecule has 5 heteroatoms. The molecule has 5 nitrogen and oxygen atoms in total. The molecule has 1 heterocycles. The van der Waals surface area contributed by atoms with Crippen LogP contribution in [-0.4, -0.2) is 60.1 Å². The molecule has 2 N–H and O–H groups in total. The van der Waals surface area contributed by atoms with E-state index >= 15 is 0 Å². The van der Waals surface area contributed by atoms with Gasteiger partial charge in [-0.1, -0.05) is 48.5 Å². The molecule has 0 saturated carbocycles. The Hall–Kier alpha value is -2.37. The van der Waals surface area contributed by atoms with Gasteiger partial charge in [0.1, 0.15) is 0 Å². The van der Waals surface area contributed by atoms with Gasteiger partial charge in [0.25, 0.3) is 0 Å². The Labute approximate surface area is 155 Å².